The Kier molecular flexibility index (Phi) is 3.91. The quantitative estimate of drug-likeness (QED) is 0.685. The number of rotatable bonds is 4. The van der Waals surface area contributed by atoms with E-state index in [-0.39, 0.29) is 5.60 Å². The van der Waals surface area contributed by atoms with E-state index in [1.165, 1.54) is 19.3 Å². The Morgan fingerprint density at radius 2 is 2.25 bits per heavy atom. The maximum atomic E-state index is 10.2. The first-order valence-electron chi connectivity index (χ1n) is 5.03. The van der Waals surface area contributed by atoms with E-state index in [1.807, 2.05) is 11.8 Å². The molecule has 0 radical (unpaired) electrons. The summed E-state index contributed by atoms with van der Waals surface area (Å²) in [6.45, 7) is 4.36. The summed E-state index contributed by atoms with van der Waals surface area (Å²) in [5.74, 6) is 1.14. The number of unbranched alkanes of at least 4 members (excludes halogenated alkanes) is 2. The van der Waals surface area contributed by atoms with Gasteiger partial charge in [0.1, 0.15) is 0 Å². The highest BCUT2D eigenvalue weighted by atomic mass is 32.2. The summed E-state index contributed by atoms with van der Waals surface area (Å²) in [5.41, 5.74) is -0.333. The van der Waals surface area contributed by atoms with Crippen LogP contribution in [0.25, 0.3) is 0 Å². The predicted octanol–water partition coefficient (Wildman–Crippen LogP) is 2.82. The zero-order valence-corrected chi connectivity index (χ0v) is 8.99. The molecular weight excluding hydrogens is 168 g/mol. The molecule has 0 aliphatic carbocycles. The molecule has 1 saturated heterocycles. The van der Waals surface area contributed by atoms with Crippen molar-refractivity contribution in [3.8, 4) is 0 Å². The molecular formula is C10H20OS. The van der Waals surface area contributed by atoms with E-state index in [1.54, 1.807) is 0 Å². The summed E-state index contributed by atoms with van der Waals surface area (Å²) in [4.78, 5) is 0. The maximum absolute atomic E-state index is 10.2. The summed E-state index contributed by atoms with van der Waals surface area (Å²) in [6, 6.07) is 0. The van der Waals surface area contributed by atoms with Gasteiger partial charge in [-0.15, -0.1) is 0 Å². The van der Waals surface area contributed by atoms with Gasteiger partial charge in [0.2, 0.25) is 0 Å². The molecule has 1 nitrogen and oxygen atoms in total. The summed E-state index contributed by atoms with van der Waals surface area (Å²) in [5, 5.41) is 10.6. The highest BCUT2D eigenvalue weighted by Crippen LogP contribution is 2.38. The van der Waals surface area contributed by atoms with Crippen LogP contribution in [0, 0.1) is 0 Å². The van der Waals surface area contributed by atoms with Crippen LogP contribution in [-0.2, 0) is 0 Å². The molecule has 1 aliphatic rings. The van der Waals surface area contributed by atoms with Gasteiger partial charge in [-0.05, 0) is 18.6 Å². The Balaban J connectivity index is 2.27. The Bertz CT molecular complexity index is 138. The molecule has 0 aromatic rings. The molecule has 0 amide bonds. The molecule has 0 spiro atoms. The molecule has 0 aromatic heterocycles. The van der Waals surface area contributed by atoms with Gasteiger partial charge in [0.25, 0.3) is 0 Å². The minimum absolute atomic E-state index is 0.333. The van der Waals surface area contributed by atoms with E-state index >= 15 is 0 Å². The van der Waals surface area contributed by atoms with Crippen molar-refractivity contribution in [1.29, 1.82) is 0 Å². The number of hydrogen-bond donors (Lipinski definition) is 1. The molecule has 2 atom stereocenters. The van der Waals surface area contributed by atoms with Crippen molar-refractivity contribution < 1.29 is 5.11 Å². The Labute approximate surface area is 79.9 Å². The topological polar surface area (TPSA) is 20.2 Å². The molecule has 1 N–H and O–H groups in total. The van der Waals surface area contributed by atoms with Gasteiger partial charge in [-0.1, -0.05) is 33.1 Å². The highest BCUT2D eigenvalue weighted by molar-refractivity contribution is 8.00. The van der Waals surface area contributed by atoms with E-state index in [0.717, 1.165) is 18.6 Å². The lowest BCUT2D eigenvalue weighted by molar-refractivity contribution is 0.0346. The molecule has 2 heteroatoms. The largest absolute Gasteiger partial charge is 0.389 e. The van der Waals surface area contributed by atoms with Crippen LogP contribution >= 0.6 is 11.8 Å². The van der Waals surface area contributed by atoms with Crippen molar-refractivity contribution in [2.75, 3.05) is 5.75 Å². The first kappa shape index (κ1) is 10.4. The van der Waals surface area contributed by atoms with Crippen molar-refractivity contribution in [3.05, 3.63) is 0 Å². The number of aliphatic hydroxyl groups is 1. The SMILES string of the molecule is CCCCCC1(O)CCSC1C. The molecule has 1 fully saturated rings. The fourth-order valence-corrected chi connectivity index (χ4v) is 3.15. The maximum Gasteiger partial charge on any atom is 0.0771 e. The lowest BCUT2D eigenvalue weighted by Gasteiger charge is -2.26. The van der Waals surface area contributed by atoms with Crippen LogP contribution in [0.2, 0.25) is 0 Å². The first-order chi connectivity index (χ1) is 5.69. The molecule has 1 heterocycles. The monoisotopic (exact) mass is 188 g/mol. The second-order valence-corrected chi connectivity index (χ2v) is 5.27. The minimum Gasteiger partial charge on any atom is -0.389 e. The zero-order valence-electron chi connectivity index (χ0n) is 8.18. The summed E-state index contributed by atoms with van der Waals surface area (Å²) < 4.78 is 0. The average Bonchev–Trinajstić information content (AvgIpc) is 2.34. The van der Waals surface area contributed by atoms with Crippen molar-refractivity contribution in [1.82, 2.24) is 0 Å². The van der Waals surface area contributed by atoms with Crippen molar-refractivity contribution in [2.24, 2.45) is 0 Å². The second-order valence-electron chi connectivity index (χ2n) is 3.82. The summed E-state index contributed by atoms with van der Waals surface area (Å²) >= 11 is 1.91. The summed E-state index contributed by atoms with van der Waals surface area (Å²) in [7, 11) is 0. The predicted molar refractivity (Wildman–Crippen MR) is 55.6 cm³/mol. The third-order valence-corrected chi connectivity index (χ3v) is 4.25. The van der Waals surface area contributed by atoms with Crippen LogP contribution in [0.4, 0.5) is 0 Å². The van der Waals surface area contributed by atoms with Gasteiger partial charge < -0.3 is 5.11 Å². The highest BCUT2D eigenvalue weighted by Gasteiger charge is 2.37. The third kappa shape index (κ3) is 2.40. The first-order valence-corrected chi connectivity index (χ1v) is 6.08. The second kappa shape index (κ2) is 4.52. The van der Waals surface area contributed by atoms with Gasteiger partial charge >= 0.3 is 0 Å². The molecule has 1 aliphatic heterocycles. The third-order valence-electron chi connectivity index (χ3n) is 2.87. The molecule has 0 aromatic carbocycles. The zero-order chi connectivity index (χ0) is 9.03. The Morgan fingerprint density at radius 1 is 1.50 bits per heavy atom. The number of thioether (sulfide) groups is 1. The lowest BCUT2D eigenvalue weighted by atomic mass is 9.91. The van der Waals surface area contributed by atoms with Gasteiger partial charge in [-0.25, -0.2) is 0 Å². The standard InChI is InChI=1S/C10H20OS/c1-3-4-5-6-10(11)7-8-12-9(10)2/h9,11H,3-8H2,1-2H3. The average molecular weight is 188 g/mol. The van der Waals surface area contributed by atoms with E-state index < -0.39 is 0 Å². The van der Waals surface area contributed by atoms with Crippen LogP contribution in [0.1, 0.15) is 46.0 Å². The van der Waals surface area contributed by atoms with Crippen molar-refractivity contribution >= 4 is 11.8 Å². The van der Waals surface area contributed by atoms with Gasteiger partial charge in [0, 0.05) is 5.25 Å². The van der Waals surface area contributed by atoms with Crippen LogP contribution in [0.3, 0.4) is 0 Å². The van der Waals surface area contributed by atoms with E-state index in [9.17, 15) is 5.11 Å². The van der Waals surface area contributed by atoms with Gasteiger partial charge in [0.05, 0.1) is 5.60 Å². The number of hydrogen-bond acceptors (Lipinski definition) is 2. The smallest absolute Gasteiger partial charge is 0.0771 e. The van der Waals surface area contributed by atoms with Crippen molar-refractivity contribution in [3.63, 3.8) is 0 Å². The minimum atomic E-state index is -0.333. The van der Waals surface area contributed by atoms with Gasteiger partial charge in [-0.2, -0.15) is 11.8 Å². The van der Waals surface area contributed by atoms with Crippen LogP contribution in [0.5, 0.6) is 0 Å². The lowest BCUT2D eigenvalue weighted by Crippen LogP contribution is -2.34. The van der Waals surface area contributed by atoms with Crippen molar-refractivity contribution in [2.45, 2.75) is 56.8 Å². The van der Waals surface area contributed by atoms with Gasteiger partial charge in [-0.3, -0.25) is 0 Å². The van der Waals surface area contributed by atoms with E-state index in [4.69, 9.17) is 0 Å². The van der Waals surface area contributed by atoms with Crippen LogP contribution in [0.15, 0.2) is 0 Å². The van der Waals surface area contributed by atoms with E-state index in [2.05, 4.69) is 13.8 Å². The van der Waals surface area contributed by atoms with Crippen LogP contribution < -0.4 is 0 Å². The molecule has 0 bridgehead atoms. The fourth-order valence-electron chi connectivity index (χ4n) is 1.78. The molecule has 72 valence electrons. The summed E-state index contributed by atoms with van der Waals surface area (Å²) in [6.07, 6.45) is 5.72. The Morgan fingerprint density at radius 3 is 2.75 bits per heavy atom. The fraction of sp³-hybridized carbons (Fsp3) is 1.00. The molecule has 12 heavy (non-hydrogen) atoms. The molecule has 0 saturated carbocycles. The molecule has 1 rings (SSSR count). The normalized spacial score (nSPS) is 35.8. The van der Waals surface area contributed by atoms with Crippen LogP contribution in [-0.4, -0.2) is 21.7 Å². The van der Waals surface area contributed by atoms with E-state index in [0.29, 0.717) is 5.25 Å². The Hall–Kier alpha value is 0.310. The molecule has 2 unspecified atom stereocenters. The van der Waals surface area contributed by atoms with Gasteiger partial charge in [0.15, 0.2) is 0 Å².